The van der Waals surface area contributed by atoms with Crippen LogP contribution in [-0.2, 0) is 0 Å². The number of nitro benzene ring substituents is 1. The Balaban J connectivity index is 2.43. The molecule has 2 aromatic carbocycles. The van der Waals surface area contributed by atoms with Crippen molar-refractivity contribution in [1.29, 1.82) is 0 Å². The van der Waals surface area contributed by atoms with Crippen LogP contribution >= 0.6 is 0 Å². The lowest BCUT2D eigenvalue weighted by molar-refractivity contribution is -0.386. The first-order valence-corrected chi connectivity index (χ1v) is 5.85. The van der Waals surface area contributed by atoms with E-state index in [1.54, 1.807) is 6.07 Å². The normalized spacial score (nSPS) is 12.9. The number of benzene rings is 2. The summed E-state index contributed by atoms with van der Waals surface area (Å²) in [6.07, 6.45) is -0.904. The lowest BCUT2D eigenvalue weighted by Crippen LogP contribution is -1.98. The van der Waals surface area contributed by atoms with Gasteiger partial charge < -0.3 is 9.52 Å². The summed E-state index contributed by atoms with van der Waals surface area (Å²) in [5.41, 5.74) is 1.30. The third kappa shape index (κ3) is 1.75. The van der Waals surface area contributed by atoms with Crippen molar-refractivity contribution in [2.24, 2.45) is 0 Å². The lowest BCUT2D eigenvalue weighted by Gasteiger charge is -2.05. The zero-order valence-corrected chi connectivity index (χ0v) is 10.2. The summed E-state index contributed by atoms with van der Waals surface area (Å²) in [7, 11) is 0. The fourth-order valence-corrected chi connectivity index (χ4v) is 2.27. The van der Waals surface area contributed by atoms with Gasteiger partial charge in [0.25, 0.3) is 5.69 Å². The highest BCUT2D eigenvalue weighted by atomic mass is 16.6. The van der Waals surface area contributed by atoms with Gasteiger partial charge in [0.2, 0.25) is 0 Å². The number of fused-ring (bicyclic) bond motifs is 3. The van der Waals surface area contributed by atoms with Crippen LogP contribution in [0.15, 0.2) is 40.8 Å². The number of aliphatic hydroxyl groups excluding tert-OH is 1. The zero-order chi connectivity index (χ0) is 13.6. The molecule has 0 fully saturated rings. The van der Waals surface area contributed by atoms with E-state index in [-0.39, 0.29) is 5.69 Å². The van der Waals surface area contributed by atoms with Crippen LogP contribution in [0.1, 0.15) is 18.6 Å². The molecule has 19 heavy (non-hydrogen) atoms. The second-order valence-electron chi connectivity index (χ2n) is 4.44. The number of aliphatic hydroxyl groups is 1. The summed E-state index contributed by atoms with van der Waals surface area (Å²) >= 11 is 0. The Hall–Kier alpha value is -2.40. The molecule has 3 rings (SSSR count). The fraction of sp³-hybridized carbons (Fsp3) is 0.143. The highest BCUT2D eigenvalue weighted by Crippen LogP contribution is 2.35. The largest absolute Gasteiger partial charge is 0.456 e. The SMILES string of the molecule is CC(O)c1cc2c(cc1[N+](=O)[O-])oc1ccccc12. The molecule has 0 bridgehead atoms. The zero-order valence-electron chi connectivity index (χ0n) is 10.2. The van der Waals surface area contributed by atoms with E-state index >= 15 is 0 Å². The molecule has 5 heteroatoms. The van der Waals surface area contributed by atoms with Crippen LogP contribution in [0.5, 0.6) is 0 Å². The van der Waals surface area contributed by atoms with Gasteiger partial charge in [-0.2, -0.15) is 0 Å². The molecule has 0 aliphatic heterocycles. The summed E-state index contributed by atoms with van der Waals surface area (Å²) in [4.78, 5) is 10.5. The van der Waals surface area contributed by atoms with Gasteiger partial charge in [-0.3, -0.25) is 10.1 Å². The Morgan fingerprint density at radius 1 is 1.21 bits per heavy atom. The molecule has 1 aromatic heterocycles. The Morgan fingerprint density at radius 2 is 1.95 bits per heavy atom. The van der Waals surface area contributed by atoms with E-state index in [4.69, 9.17) is 4.42 Å². The maximum absolute atomic E-state index is 11.0. The second-order valence-corrected chi connectivity index (χ2v) is 4.44. The number of hydrogen-bond donors (Lipinski definition) is 1. The standard InChI is InChI=1S/C14H11NO4/c1-8(16)10-6-11-9-4-2-3-5-13(9)19-14(11)7-12(10)15(17)18/h2-8,16H,1H3. The van der Waals surface area contributed by atoms with E-state index in [0.29, 0.717) is 16.7 Å². The molecule has 5 nitrogen and oxygen atoms in total. The Kier molecular flexibility index (Phi) is 2.50. The van der Waals surface area contributed by atoms with Crippen molar-refractivity contribution in [3.8, 4) is 0 Å². The van der Waals surface area contributed by atoms with Gasteiger partial charge in [-0.25, -0.2) is 0 Å². The summed E-state index contributed by atoms with van der Waals surface area (Å²) < 4.78 is 5.59. The van der Waals surface area contributed by atoms with Crippen LogP contribution in [-0.4, -0.2) is 10.0 Å². The maximum atomic E-state index is 11.0. The van der Waals surface area contributed by atoms with Gasteiger partial charge in [-0.15, -0.1) is 0 Å². The van der Waals surface area contributed by atoms with Crippen LogP contribution in [0.25, 0.3) is 21.9 Å². The third-order valence-electron chi connectivity index (χ3n) is 3.17. The number of nitro groups is 1. The molecule has 0 amide bonds. The molecule has 3 aromatic rings. The van der Waals surface area contributed by atoms with Crippen molar-refractivity contribution < 1.29 is 14.4 Å². The van der Waals surface area contributed by atoms with Crippen LogP contribution in [0, 0.1) is 10.1 Å². The van der Waals surface area contributed by atoms with Crippen molar-refractivity contribution in [2.45, 2.75) is 13.0 Å². The van der Waals surface area contributed by atoms with Crippen LogP contribution in [0.3, 0.4) is 0 Å². The fourth-order valence-electron chi connectivity index (χ4n) is 2.27. The Labute approximate surface area is 108 Å². The highest BCUT2D eigenvalue weighted by molar-refractivity contribution is 6.05. The molecule has 1 heterocycles. The molecule has 1 atom stereocenters. The van der Waals surface area contributed by atoms with Crippen LogP contribution < -0.4 is 0 Å². The molecule has 1 N–H and O–H groups in total. The summed E-state index contributed by atoms with van der Waals surface area (Å²) in [6.45, 7) is 1.51. The minimum absolute atomic E-state index is 0.124. The Morgan fingerprint density at radius 3 is 2.63 bits per heavy atom. The van der Waals surface area contributed by atoms with Gasteiger partial charge in [-0.1, -0.05) is 18.2 Å². The van der Waals surface area contributed by atoms with Gasteiger partial charge in [0.1, 0.15) is 11.2 Å². The Bertz CT molecular complexity index is 789. The van der Waals surface area contributed by atoms with Gasteiger partial charge in [-0.05, 0) is 19.1 Å². The summed E-state index contributed by atoms with van der Waals surface area (Å²) in [5.74, 6) is 0. The van der Waals surface area contributed by atoms with Gasteiger partial charge in [0.05, 0.1) is 22.7 Å². The molecule has 0 aliphatic carbocycles. The minimum Gasteiger partial charge on any atom is -0.456 e. The first-order chi connectivity index (χ1) is 9.08. The van der Waals surface area contributed by atoms with Crippen molar-refractivity contribution in [3.05, 3.63) is 52.1 Å². The van der Waals surface area contributed by atoms with E-state index in [1.807, 2.05) is 24.3 Å². The predicted molar refractivity (Wildman–Crippen MR) is 71.0 cm³/mol. The van der Waals surface area contributed by atoms with Crippen molar-refractivity contribution in [3.63, 3.8) is 0 Å². The molecular formula is C14H11NO4. The van der Waals surface area contributed by atoms with Crippen LogP contribution in [0.4, 0.5) is 5.69 Å². The monoisotopic (exact) mass is 257 g/mol. The molecule has 0 saturated carbocycles. The first-order valence-electron chi connectivity index (χ1n) is 5.85. The van der Waals surface area contributed by atoms with Gasteiger partial charge in [0, 0.05) is 10.8 Å². The summed E-state index contributed by atoms with van der Waals surface area (Å²) in [6, 6.07) is 10.4. The minimum atomic E-state index is -0.904. The molecule has 0 radical (unpaired) electrons. The topological polar surface area (TPSA) is 76.5 Å². The van der Waals surface area contributed by atoms with E-state index in [9.17, 15) is 15.2 Å². The number of hydrogen-bond acceptors (Lipinski definition) is 4. The maximum Gasteiger partial charge on any atom is 0.278 e. The smallest absolute Gasteiger partial charge is 0.278 e. The van der Waals surface area contributed by atoms with Gasteiger partial charge in [0.15, 0.2) is 0 Å². The average Bonchev–Trinajstić information content (AvgIpc) is 2.74. The first kappa shape index (κ1) is 11.7. The molecule has 96 valence electrons. The molecule has 0 spiro atoms. The number of rotatable bonds is 2. The highest BCUT2D eigenvalue weighted by Gasteiger charge is 2.21. The quantitative estimate of drug-likeness (QED) is 0.562. The van der Waals surface area contributed by atoms with Crippen molar-refractivity contribution >= 4 is 27.6 Å². The third-order valence-corrected chi connectivity index (χ3v) is 3.17. The van der Waals surface area contributed by atoms with E-state index in [2.05, 4.69) is 0 Å². The molecule has 1 unspecified atom stereocenters. The van der Waals surface area contributed by atoms with E-state index in [0.717, 1.165) is 10.8 Å². The van der Waals surface area contributed by atoms with E-state index < -0.39 is 11.0 Å². The van der Waals surface area contributed by atoms with E-state index in [1.165, 1.54) is 13.0 Å². The van der Waals surface area contributed by atoms with Gasteiger partial charge >= 0.3 is 0 Å². The number of furan rings is 1. The number of para-hydroxylation sites is 1. The molecular weight excluding hydrogens is 246 g/mol. The summed E-state index contributed by atoms with van der Waals surface area (Å²) in [5, 5.41) is 22.4. The average molecular weight is 257 g/mol. The van der Waals surface area contributed by atoms with Crippen molar-refractivity contribution in [2.75, 3.05) is 0 Å². The second kappa shape index (κ2) is 4.07. The van der Waals surface area contributed by atoms with Crippen molar-refractivity contribution in [1.82, 2.24) is 0 Å². The number of nitrogens with zero attached hydrogens (tertiary/aromatic N) is 1. The lowest BCUT2D eigenvalue weighted by atomic mass is 10.0. The molecule has 0 saturated heterocycles. The van der Waals surface area contributed by atoms with Crippen LogP contribution in [0.2, 0.25) is 0 Å². The molecule has 0 aliphatic rings. The predicted octanol–water partition coefficient (Wildman–Crippen LogP) is 3.55.